The van der Waals surface area contributed by atoms with Gasteiger partial charge >= 0.3 is 6.09 Å². The molecule has 0 aromatic carbocycles. The fourth-order valence-electron chi connectivity index (χ4n) is 2.58. The first kappa shape index (κ1) is 17.3. The Morgan fingerprint density at radius 3 is 2.86 bits per heavy atom. The molecule has 0 bridgehead atoms. The molecule has 124 valence electrons. The summed E-state index contributed by atoms with van der Waals surface area (Å²) in [5.74, 6) is 0.881. The fraction of sp³-hybridized carbons (Fsp3) is 0.688. The monoisotopic (exact) mass is 372 g/mol. The second kappa shape index (κ2) is 7.51. The Morgan fingerprint density at radius 2 is 2.23 bits per heavy atom. The van der Waals surface area contributed by atoms with E-state index in [1.54, 1.807) is 0 Å². The van der Waals surface area contributed by atoms with Crippen LogP contribution in [0, 0.1) is 0 Å². The predicted molar refractivity (Wildman–Crippen MR) is 88.7 cm³/mol. The van der Waals surface area contributed by atoms with Crippen LogP contribution in [-0.2, 0) is 11.3 Å². The van der Waals surface area contributed by atoms with Gasteiger partial charge in [-0.1, -0.05) is 0 Å². The van der Waals surface area contributed by atoms with E-state index in [1.807, 2.05) is 37.8 Å². The van der Waals surface area contributed by atoms with Crippen molar-refractivity contribution >= 4 is 22.0 Å². The van der Waals surface area contributed by atoms with Crippen LogP contribution in [0.4, 0.5) is 4.79 Å². The predicted octanol–water partition coefficient (Wildman–Crippen LogP) is 3.92. The molecule has 0 saturated carbocycles. The second-order valence-electron chi connectivity index (χ2n) is 6.66. The summed E-state index contributed by atoms with van der Waals surface area (Å²) < 4.78 is 11.7. The van der Waals surface area contributed by atoms with Gasteiger partial charge in [-0.3, -0.25) is 0 Å². The molecule has 0 spiro atoms. The molecule has 2 rings (SSSR count). The summed E-state index contributed by atoms with van der Waals surface area (Å²) in [5.41, 5.74) is -0.451. The number of carbonyl (C=O) groups is 1. The Labute approximate surface area is 140 Å². The quantitative estimate of drug-likeness (QED) is 0.869. The Hall–Kier alpha value is -1.01. The summed E-state index contributed by atoms with van der Waals surface area (Å²) in [6, 6.07) is 4.00. The summed E-state index contributed by atoms with van der Waals surface area (Å²) in [4.78, 5) is 14.2. The van der Waals surface area contributed by atoms with E-state index < -0.39 is 5.60 Å². The Morgan fingerprint density at radius 1 is 1.45 bits per heavy atom. The lowest BCUT2D eigenvalue weighted by molar-refractivity contribution is 0.00990. The lowest BCUT2D eigenvalue weighted by Crippen LogP contribution is -2.50. The third-order valence-corrected chi connectivity index (χ3v) is 3.99. The minimum atomic E-state index is -0.451. The first-order chi connectivity index (χ1) is 10.3. The van der Waals surface area contributed by atoms with Gasteiger partial charge in [-0.25, -0.2) is 4.79 Å². The molecule has 5 nitrogen and oxygen atoms in total. The number of hydrogen-bond acceptors (Lipinski definition) is 4. The maximum atomic E-state index is 12.3. The molecule has 1 aromatic rings. The van der Waals surface area contributed by atoms with Crippen molar-refractivity contribution in [2.45, 2.75) is 58.2 Å². The molecule has 1 aliphatic rings. The lowest BCUT2D eigenvalue weighted by atomic mass is 10.0. The van der Waals surface area contributed by atoms with Crippen LogP contribution in [0.15, 0.2) is 21.2 Å². The molecule has 1 atom stereocenters. The summed E-state index contributed by atoms with van der Waals surface area (Å²) in [5, 5.41) is 3.37. The number of amides is 1. The highest BCUT2D eigenvalue weighted by atomic mass is 79.9. The Kier molecular flexibility index (Phi) is 5.92. The van der Waals surface area contributed by atoms with E-state index in [4.69, 9.17) is 9.15 Å². The van der Waals surface area contributed by atoms with Crippen molar-refractivity contribution in [3.63, 3.8) is 0 Å². The van der Waals surface area contributed by atoms with Crippen LogP contribution in [-0.4, -0.2) is 35.7 Å². The molecular formula is C16H25BrN2O3. The number of furan rings is 1. The van der Waals surface area contributed by atoms with Crippen molar-refractivity contribution in [3.05, 3.63) is 22.6 Å². The summed E-state index contributed by atoms with van der Waals surface area (Å²) >= 11 is 3.29. The van der Waals surface area contributed by atoms with E-state index >= 15 is 0 Å². The van der Waals surface area contributed by atoms with E-state index in [0.29, 0.717) is 6.54 Å². The van der Waals surface area contributed by atoms with E-state index in [1.165, 1.54) is 0 Å². The van der Waals surface area contributed by atoms with E-state index in [2.05, 4.69) is 21.2 Å². The zero-order valence-corrected chi connectivity index (χ0v) is 15.1. The van der Waals surface area contributed by atoms with Crippen LogP contribution in [0.2, 0.25) is 0 Å². The summed E-state index contributed by atoms with van der Waals surface area (Å²) in [7, 11) is 0. The zero-order chi connectivity index (χ0) is 16.2. The van der Waals surface area contributed by atoms with Crippen LogP contribution in [0.25, 0.3) is 0 Å². The van der Waals surface area contributed by atoms with Crippen molar-refractivity contribution in [1.29, 1.82) is 0 Å². The lowest BCUT2D eigenvalue weighted by Gasteiger charge is -2.36. The topological polar surface area (TPSA) is 54.7 Å². The number of carbonyl (C=O) groups excluding carboxylic acids is 1. The van der Waals surface area contributed by atoms with Crippen molar-refractivity contribution in [1.82, 2.24) is 10.2 Å². The van der Waals surface area contributed by atoms with Gasteiger partial charge in [0.2, 0.25) is 0 Å². The minimum absolute atomic E-state index is 0.182. The molecule has 2 heterocycles. The van der Waals surface area contributed by atoms with Gasteiger partial charge in [-0.2, -0.15) is 0 Å². The smallest absolute Gasteiger partial charge is 0.410 e. The van der Waals surface area contributed by atoms with E-state index in [-0.39, 0.29) is 12.1 Å². The van der Waals surface area contributed by atoms with Crippen molar-refractivity contribution in [2.24, 2.45) is 0 Å². The van der Waals surface area contributed by atoms with Gasteiger partial charge in [0.1, 0.15) is 11.4 Å². The first-order valence-electron chi connectivity index (χ1n) is 7.80. The van der Waals surface area contributed by atoms with Crippen LogP contribution in [0.5, 0.6) is 0 Å². The number of rotatable bonds is 4. The molecule has 0 radical (unpaired) electrons. The van der Waals surface area contributed by atoms with Crippen molar-refractivity contribution in [3.8, 4) is 0 Å². The van der Waals surface area contributed by atoms with Crippen molar-refractivity contribution in [2.75, 3.05) is 13.1 Å². The molecule has 1 amide bonds. The highest BCUT2D eigenvalue weighted by molar-refractivity contribution is 9.10. The molecule has 1 unspecified atom stereocenters. The van der Waals surface area contributed by atoms with Gasteiger partial charge in [-0.05, 0) is 68.1 Å². The van der Waals surface area contributed by atoms with Gasteiger partial charge in [0.15, 0.2) is 4.67 Å². The number of halogens is 1. The van der Waals surface area contributed by atoms with Crippen LogP contribution in [0.3, 0.4) is 0 Å². The zero-order valence-electron chi connectivity index (χ0n) is 13.5. The number of nitrogens with zero attached hydrogens (tertiary/aromatic N) is 1. The number of likely N-dealkylation sites (tertiary alicyclic amines) is 1. The average Bonchev–Trinajstić information content (AvgIpc) is 2.83. The first-order valence-corrected chi connectivity index (χ1v) is 8.59. The number of ether oxygens (including phenoxy) is 1. The van der Waals surface area contributed by atoms with E-state index in [9.17, 15) is 4.79 Å². The molecule has 22 heavy (non-hydrogen) atoms. The second-order valence-corrected chi connectivity index (χ2v) is 7.44. The third-order valence-electron chi connectivity index (χ3n) is 3.56. The molecular weight excluding hydrogens is 348 g/mol. The molecule has 0 aliphatic carbocycles. The van der Waals surface area contributed by atoms with Gasteiger partial charge < -0.3 is 19.4 Å². The molecule has 1 aromatic heterocycles. The normalized spacial score (nSPS) is 19.3. The number of hydrogen-bond donors (Lipinski definition) is 1. The molecule has 1 fully saturated rings. The van der Waals surface area contributed by atoms with Gasteiger partial charge in [-0.15, -0.1) is 0 Å². The largest absolute Gasteiger partial charge is 0.453 e. The third kappa shape index (κ3) is 5.32. The van der Waals surface area contributed by atoms with Gasteiger partial charge in [0.25, 0.3) is 0 Å². The maximum absolute atomic E-state index is 12.3. The summed E-state index contributed by atoms with van der Waals surface area (Å²) in [6.45, 7) is 7.87. The van der Waals surface area contributed by atoms with Crippen molar-refractivity contribution < 1.29 is 13.9 Å². The molecule has 6 heteroatoms. The van der Waals surface area contributed by atoms with Gasteiger partial charge in [0.05, 0.1) is 6.54 Å². The van der Waals surface area contributed by atoms with Crippen LogP contribution >= 0.6 is 15.9 Å². The SMILES string of the molecule is CC(C)(C)OC(=O)N1CCCCC1CNCc1ccc(Br)o1. The fourth-order valence-corrected chi connectivity index (χ4v) is 2.92. The Bertz CT molecular complexity index is 496. The van der Waals surface area contributed by atoms with Crippen LogP contribution < -0.4 is 5.32 Å². The highest BCUT2D eigenvalue weighted by Crippen LogP contribution is 2.20. The standard InChI is InChI=1S/C16H25BrN2O3/c1-16(2,3)22-15(20)19-9-5-4-6-12(19)10-18-11-13-7-8-14(17)21-13/h7-8,12,18H,4-6,9-11H2,1-3H3. The maximum Gasteiger partial charge on any atom is 0.410 e. The minimum Gasteiger partial charge on any atom is -0.453 e. The molecule has 1 aliphatic heterocycles. The van der Waals surface area contributed by atoms with E-state index in [0.717, 1.165) is 42.8 Å². The van der Waals surface area contributed by atoms with Gasteiger partial charge in [0, 0.05) is 19.1 Å². The highest BCUT2D eigenvalue weighted by Gasteiger charge is 2.30. The average molecular weight is 373 g/mol. The molecule has 1 saturated heterocycles. The Balaban J connectivity index is 1.85. The molecule has 1 N–H and O–H groups in total. The number of piperidine rings is 1. The number of nitrogens with one attached hydrogen (secondary N) is 1. The summed E-state index contributed by atoms with van der Waals surface area (Å²) in [6.07, 6.45) is 2.99. The van der Waals surface area contributed by atoms with Crippen LogP contribution in [0.1, 0.15) is 45.8 Å².